The smallest absolute Gasteiger partial charge is 0.204 e. The summed E-state index contributed by atoms with van der Waals surface area (Å²) in [7, 11) is 4.71. The SMILES string of the molecule is COc1cc(-c2nn(-c3ccccc3)c3nnc(-c4ccc(Cl)cc4)nc23)cc(OC)c1OC. The van der Waals surface area contributed by atoms with E-state index < -0.39 is 0 Å². The van der Waals surface area contributed by atoms with E-state index >= 15 is 0 Å². The van der Waals surface area contributed by atoms with E-state index in [9.17, 15) is 0 Å². The highest BCUT2D eigenvalue weighted by molar-refractivity contribution is 6.30. The molecular formula is C25H20ClN5O3. The summed E-state index contributed by atoms with van der Waals surface area (Å²) in [6.45, 7) is 0. The van der Waals surface area contributed by atoms with E-state index in [0.717, 1.165) is 16.8 Å². The highest BCUT2D eigenvalue weighted by atomic mass is 35.5. The number of halogens is 1. The number of para-hydroxylation sites is 1. The lowest BCUT2D eigenvalue weighted by atomic mass is 10.1. The minimum absolute atomic E-state index is 0.463. The monoisotopic (exact) mass is 473 g/mol. The van der Waals surface area contributed by atoms with Gasteiger partial charge in [-0.25, -0.2) is 9.67 Å². The van der Waals surface area contributed by atoms with Crippen molar-refractivity contribution in [3.05, 3.63) is 71.8 Å². The molecule has 9 heteroatoms. The second-order valence-electron chi connectivity index (χ2n) is 7.32. The lowest BCUT2D eigenvalue weighted by Gasteiger charge is -2.13. The zero-order valence-electron chi connectivity index (χ0n) is 18.7. The topological polar surface area (TPSA) is 84.2 Å². The van der Waals surface area contributed by atoms with Crippen LogP contribution in [0.25, 0.3) is 39.5 Å². The van der Waals surface area contributed by atoms with Crippen molar-refractivity contribution in [3.63, 3.8) is 0 Å². The first-order chi connectivity index (χ1) is 16.6. The maximum absolute atomic E-state index is 6.05. The summed E-state index contributed by atoms with van der Waals surface area (Å²) in [6.07, 6.45) is 0. The summed E-state index contributed by atoms with van der Waals surface area (Å²) in [4.78, 5) is 4.84. The third kappa shape index (κ3) is 3.78. The maximum Gasteiger partial charge on any atom is 0.204 e. The second kappa shape index (κ2) is 8.99. The molecule has 0 saturated heterocycles. The molecule has 0 aliphatic heterocycles. The Morgan fingerprint density at radius 2 is 1.44 bits per heavy atom. The molecule has 2 heterocycles. The van der Waals surface area contributed by atoms with Gasteiger partial charge in [0.2, 0.25) is 11.4 Å². The minimum atomic E-state index is 0.463. The van der Waals surface area contributed by atoms with Crippen LogP contribution in [0, 0.1) is 0 Å². The number of ether oxygens (including phenoxy) is 3. The maximum atomic E-state index is 6.05. The summed E-state index contributed by atoms with van der Waals surface area (Å²) >= 11 is 6.05. The molecule has 34 heavy (non-hydrogen) atoms. The quantitative estimate of drug-likeness (QED) is 0.334. The molecule has 5 rings (SSSR count). The van der Waals surface area contributed by atoms with Gasteiger partial charge in [-0.2, -0.15) is 5.10 Å². The van der Waals surface area contributed by atoms with Crippen LogP contribution in [0.15, 0.2) is 66.7 Å². The van der Waals surface area contributed by atoms with Crippen molar-refractivity contribution in [2.45, 2.75) is 0 Å². The van der Waals surface area contributed by atoms with Gasteiger partial charge in [0.15, 0.2) is 17.3 Å². The van der Waals surface area contributed by atoms with E-state index in [-0.39, 0.29) is 0 Å². The molecule has 0 amide bonds. The normalized spacial score (nSPS) is 10.9. The standard InChI is InChI=1S/C25H20ClN5O3/c1-32-19-13-16(14-20(33-2)23(19)34-3)21-22-25(31(30-21)18-7-5-4-6-8-18)29-28-24(27-22)15-9-11-17(26)12-10-15/h4-14H,1-3H3. The fourth-order valence-electron chi connectivity index (χ4n) is 3.70. The lowest BCUT2D eigenvalue weighted by Crippen LogP contribution is -2.00. The summed E-state index contributed by atoms with van der Waals surface area (Å²) < 4.78 is 18.3. The average molecular weight is 474 g/mol. The van der Waals surface area contributed by atoms with Crippen LogP contribution in [0.2, 0.25) is 5.02 Å². The number of hydrogen-bond acceptors (Lipinski definition) is 7. The van der Waals surface area contributed by atoms with Gasteiger partial charge >= 0.3 is 0 Å². The van der Waals surface area contributed by atoms with E-state index in [1.165, 1.54) is 0 Å². The van der Waals surface area contributed by atoms with Crippen LogP contribution in [0.3, 0.4) is 0 Å². The van der Waals surface area contributed by atoms with Crippen molar-refractivity contribution in [3.8, 4) is 45.6 Å². The van der Waals surface area contributed by atoms with E-state index in [1.54, 1.807) is 38.1 Å². The number of fused-ring (bicyclic) bond motifs is 1. The van der Waals surface area contributed by atoms with Crippen LogP contribution in [0.1, 0.15) is 0 Å². The molecule has 0 unspecified atom stereocenters. The molecule has 0 radical (unpaired) electrons. The van der Waals surface area contributed by atoms with Gasteiger partial charge < -0.3 is 14.2 Å². The summed E-state index contributed by atoms with van der Waals surface area (Å²) in [5.41, 5.74) is 4.06. The number of methoxy groups -OCH3 is 3. The first-order valence-corrected chi connectivity index (χ1v) is 10.8. The fraction of sp³-hybridized carbons (Fsp3) is 0.120. The van der Waals surface area contributed by atoms with Crippen molar-refractivity contribution in [1.82, 2.24) is 25.0 Å². The van der Waals surface area contributed by atoms with Crippen molar-refractivity contribution in [2.75, 3.05) is 21.3 Å². The number of benzene rings is 3. The van der Waals surface area contributed by atoms with Crippen molar-refractivity contribution in [1.29, 1.82) is 0 Å². The van der Waals surface area contributed by atoms with Gasteiger partial charge in [0, 0.05) is 16.1 Å². The molecule has 0 bridgehead atoms. The number of rotatable bonds is 6. The molecule has 0 N–H and O–H groups in total. The number of hydrogen-bond donors (Lipinski definition) is 0. The molecule has 170 valence electrons. The Morgan fingerprint density at radius 3 is 2.06 bits per heavy atom. The first kappa shape index (κ1) is 21.7. The van der Waals surface area contributed by atoms with Crippen LogP contribution in [-0.4, -0.2) is 46.3 Å². The fourth-order valence-corrected chi connectivity index (χ4v) is 3.83. The molecular weight excluding hydrogens is 454 g/mol. The first-order valence-electron chi connectivity index (χ1n) is 10.4. The predicted molar refractivity (Wildman–Crippen MR) is 130 cm³/mol. The Labute approximate surface area is 200 Å². The van der Waals surface area contributed by atoms with E-state index in [1.807, 2.05) is 54.6 Å². The Bertz CT molecular complexity index is 1440. The van der Waals surface area contributed by atoms with E-state index in [0.29, 0.717) is 45.0 Å². The molecule has 0 saturated carbocycles. The number of nitrogens with zero attached hydrogens (tertiary/aromatic N) is 5. The third-order valence-electron chi connectivity index (χ3n) is 5.34. The van der Waals surface area contributed by atoms with Crippen LogP contribution >= 0.6 is 11.6 Å². The highest BCUT2D eigenvalue weighted by Gasteiger charge is 2.22. The average Bonchev–Trinajstić information content (AvgIpc) is 3.27. The molecule has 2 aromatic heterocycles. The molecule has 0 fully saturated rings. The van der Waals surface area contributed by atoms with E-state index in [4.69, 9.17) is 35.9 Å². The Balaban J connectivity index is 1.78. The van der Waals surface area contributed by atoms with Gasteiger partial charge in [0.1, 0.15) is 11.2 Å². The van der Waals surface area contributed by atoms with Gasteiger partial charge in [-0.3, -0.25) is 0 Å². The Hall–Kier alpha value is -4.17. The third-order valence-corrected chi connectivity index (χ3v) is 5.59. The molecule has 8 nitrogen and oxygen atoms in total. The minimum Gasteiger partial charge on any atom is -0.493 e. The van der Waals surface area contributed by atoms with Gasteiger partial charge in [0.05, 0.1) is 27.0 Å². The summed E-state index contributed by atoms with van der Waals surface area (Å²) in [5.74, 6) is 1.99. The van der Waals surface area contributed by atoms with Crippen molar-refractivity contribution >= 4 is 22.8 Å². The van der Waals surface area contributed by atoms with E-state index in [2.05, 4.69) is 10.2 Å². The summed E-state index contributed by atoms with van der Waals surface area (Å²) in [5, 5.41) is 14.3. The largest absolute Gasteiger partial charge is 0.493 e. The lowest BCUT2D eigenvalue weighted by molar-refractivity contribution is 0.324. The van der Waals surface area contributed by atoms with Crippen LogP contribution in [-0.2, 0) is 0 Å². The Morgan fingerprint density at radius 1 is 0.765 bits per heavy atom. The van der Waals surface area contributed by atoms with Crippen LogP contribution in [0.4, 0.5) is 0 Å². The van der Waals surface area contributed by atoms with Gasteiger partial charge in [-0.1, -0.05) is 29.8 Å². The molecule has 3 aromatic carbocycles. The van der Waals surface area contributed by atoms with Gasteiger partial charge in [-0.15, -0.1) is 10.2 Å². The molecule has 0 spiro atoms. The van der Waals surface area contributed by atoms with Gasteiger partial charge in [-0.05, 0) is 48.5 Å². The van der Waals surface area contributed by atoms with Crippen LogP contribution < -0.4 is 14.2 Å². The zero-order valence-corrected chi connectivity index (χ0v) is 19.4. The zero-order chi connectivity index (χ0) is 23.7. The molecule has 0 atom stereocenters. The predicted octanol–water partition coefficient (Wildman–Crippen LogP) is 5.22. The molecule has 0 aliphatic carbocycles. The molecule has 5 aromatic rings. The number of aromatic nitrogens is 5. The van der Waals surface area contributed by atoms with Crippen LogP contribution in [0.5, 0.6) is 17.2 Å². The van der Waals surface area contributed by atoms with Crippen molar-refractivity contribution in [2.24, 2.45) is 0 Å². The summed E-state index contributed by atoms with van der Waals surface area (Å²) in [6, 6.07) is 20.7. The van der Waals surface area contributed by atoms with Gasteiger partial charge in [0.25, 0.3) is 0 Å². The highest BCUT2D eigenvalue weighted by Crippen LogP contribution is 2.42. The second-order valence-corrected chi connectivity index (χ2v) is 7.76. The molecule has 0 aliphatic rings. The Kier molecular flexibility index (Phi) is 5.73. The van der Waals surface area contributed by atoms with Crippen molar-refractivity contribution < 1.29 is 14.2 Å².